The average Bonchev–Trinajstić information content (AvgIpc) is 3.15. The second-order valence-electron chi connectivity index (χ2n) is 6.28. The molecule has 3 aromatic rings. The van der Waals surface area contributed by atoms with E-state index in [1.54, 1.807) is 7.11 Å². The number of halogens is 4. The Bertz CT molecular complexity index is 1090. The number of aromatic nitrogens is 3. The van der Waals surface area contributed by atoms with Crippen LogP contribution in [0.2, 0.25) is 5.02 Å². The fraction of sp³-hybridized carbons (Fsp3) is 0.250. The van der Waals surface area contributed by atoms with Crippen LogP contribution in [0.5, 0.6) is 5.75 Å². The number of carbonyl (C=O) groups excluding carboxylic acids is 1. The Morgan fingerprint density at radius 1 is 1.23 bits per heavy atom. The molecule has 1 N–H and O–H groups in total. The number of hydrogen-bond acceptors (Lipinski definition) is 5. The molecule has 11 heteroatoms. The van der Waals surface area contributed by atoms with E-state index in [4.69, 9.17) is 16.3 Å². The lowest BCUT2D eigenvalue weighted by Gasteiger charge is -2.12. The zero-order valence-electron chi connectivity index (χ0n) is 16.5. The number of thioether (sulfide) groups is 1. The molecule has 3 rings (SSSR count). The van der Waals surface area contributed by atoms with Crippen molar-refractivity contribution >= 4 is 35.0 Å². The van der Waals surface area contributed by atoms with Crippen molar-refractivity contribution in [1.82, 2.24) is 14.8 Å². The van der Waals surface area contributed by atoms with Crippen molar-refractivity contribution in [3.8, 4) is 17.1 Å². The summed E-state index contributed by atoms with van der Waals surface area (Å²) in [6, 6.07) is 10.6. The van der Waals surface area contributed by atoms with Crippen LogP contribution < -0.4 is 10.1 Å². The third-order valence-electron chi connectivity index (χ3n) is 4.27. The molecule has 0 fully saturated rings. The number of hydrogen-bond donors (Lipinski definition) is 1. The summed E-state index contributed by atoms with van der Waals surface area (Å²) >= 11 is 6.73. The van der Waals surface area contributed by atoms with E-state index in [0.29, 0.717) is 23.3 Å². The Morgan fingerprint density at radius 3 is 2.65 bits per heavy atom. The first-order valence-corrected chi connectivity index (χ1v) is 10.5. The van der Waals surface area contributed by atoms with Crippen molar-refractivity contribution in [2.24, 2.45) is 0 Å². The number of amides is 1. The number of methoxy groups -OCH3 is 1. The van der Waals surface area contributed by atoms with Gasteiger partial charge in [-0.25, -0.2) is 0 Å². The molecule has 0 bridgehead atoms. The highest BCUT2D eigenvalue weighted by Gasteiger charge is 2.33. The van der Waals surface area contributed by atoms with Crippen molar-refractivity contribution in [1.29, 1.82) is 0 Å². The molecule has 1 aromatic heterocycles. The van der Waals surface area contributed by atoms with Gasteiger partial charge in [-0.15, -0.1) is 10.2 Å². The van der Waals surface area contributed by atoms with Crippen LogP contribution >= 0.6 is 23.4 Å². The number of benzene rings is 2. The summed E-state index contributed by atoms with van der Waals surface area (Å²) in [5.74, 6) is 0.691. The zero-order chi connectivity index (χ0) is 22.6. The predicted octanol–water partition coefficient (Wildman–Crippen LogP) is 5.38. The molecule has 2 aromatic carbocycles. The van der Waals surface area contributed by atoms with Crippen LogP contribution in [-0.2, 0) is 17.5 Å². The van der Waals surface area contributed by atoms with E-state index in [2.05, 4.69) is 15.5 Å². The molecule has 0 saturated carbocycles. The second-order valence-corrected chi connectivity index (χ2v) is 7.63. The molecule has 0 aliphatic rings. The van der Waals surface area contributed by atoms with Gasteiger partial charge in [-0.05, 0) is 37.3 Å². The van der Waals surface area contributed by atoms with Gasteiger partial charge in [-0.1, -0.05) is 35.5 Å². The highest BCUT2D eigenvalue weighted by Crippen LogP contribution is 2.36. The van der Waals surface area contributed by atoms with Gasteiger partial charge in [-0.2, -0.15) is 13.2 Å². The minimum absolute atomic E-state index is 0.00833. The monoisotopic (exact) mass is 470 g/mol. The predicted molar refractivity (Wildman–Crippen MR) is 113 cm³/mol. The van der Waals surface area contributed by atoms with Gasteiger partial charge in [0, 0.05) is 12.2 Å². The standard InChI is InChI=1S/C20H18ClF3N4O2S/c1-3-28-18(13-6-4-5-7-16(13)30-2)26-27-19(28)31-11-17(29)25-12-8-9-15(21)14(10-12)20(22,23)24/h4-10H,3,11H2,1-2H3,(H,25,29). The van der Waals surface area contributed by atoms with E-state index in [1.165, 1.54) is 6.07 Å². The van der Waals surface area contributed by atoms with Crippen molar-refractivity contribution < 1.29 is 22.7 Å². The Balaban J connectivity index is 1.72. The number of nitrogens with one attached hydrogen (secondary N) is 1. The highest BCUT2D eigenvalue weighted by atomic mass is 35.5. The topological polar surface area (TPSA) is 69.0 Å². The molecule has 1 amide bonds. The molecule has 6 nitrogen and oxygen atoms in total. The van der Waals surface area contributed by atoms with E-state index >= 15 is 0 Å². The van der Waals surface area contributed by atoms with Gasteiger partial charge in [0.1, 0.15) is 5.75 Å². The minimum Gasteiger partial charge on any atom is -0.496 e. The summed E-state index contributed by atoms with van der Waals surface area (Å²) in [5, 5.41) is 10.9. The second kappa shape index (κ2) is 9.61. The SMILES string of the molecule is CCn1c(SCC(=O)Nc2ccc(Cl)c(C(F)(F)F)c2)nnc1-c1ccccc1OC. The van der Waals surface area contributed by atoms with Crippen LogP contribution in [0.4, 0.5) is 18.9 Å². The van der Waals surface area contributed by atoms with E-state index in [1.807, 2.05) is 35.8 Å². The third-order valence-corrected chi connectivity index (χ3v) is 5.57. The number of carbonyl (C=O) groups is 1. The molecule has 0 saturated heterocycles. The zero-order valence-corrected chi connectivity index (χ0v) is 18.1. The van der Waals surface area contributed by atoms with E-state index in [9.17, 15) is 18.0 Å². The Labute approximate surface area is 185 Å². The first-order valence-electron chi connectivity index (χ1n) is 9.10. The number of anilines is 1. The van der Waals surface area contributed by atoms with E-state index in [0.717, 1.165) is 29.5 Å². The lowest BCUT2D eigenvalue weighted by molar-refractivity contribution is -0.137. The summed E-state index contributed by atoms with van der Waals surface area (Å²) in [6.45, 7) is 2.47. The number of nitrogens with zero attached hydrogens (tertiary/aromatic N) is 3. The molecule has 1 heterocycles. The Morgan fingerprint density at radius 2 is 1.97 bits per heavy atom. The van der Waals surface area contributed by atoms with E-state index < -0.39 is 22.7 Å². The maximum Gasteiger partial charge on any atom is 0.417 e. The molecule has 0 spiro atoms. The average molecular weight is 471 g/mol. The molecular weight excluding hydrogens is 453 g/mol. The van der Waals surface area contributed by atoms with Crippen molar-refractivity contribution in [3.05, 3.63) is 53.1 Å². The van der Waals surface area contributed by atoms with Gasteiger partial charge in [-0.3, -0.25) is 4.79 Å². The maximum absolute atomic E-state index is 13.0. The fourth-order valence-corrected chi connectivity index (χ4v) is 3.88. The van der Waals surface area contributed by atoms with Crippen LogP contribution in [0.25, 0.3) is 11.4 Å². The quantitative estimate of drug-likeness (QED) is 0.470. The third kappa shape index (κ3) is 5.31. The summed E-state index contributed by atoms with van der Waals surface area (Å²) in [7, 11) is 1.56. The van der Waals surface area contributed by atoms with Crippen molar-refractivity contribution in [3.63, 3.8) is 0 Å². The molecule has 31 heavy (non-hydrogen) atoms. The van der Waals surface area contributed by atoms with Gasteiger partial charge in [0.25, 0.3) is 0 Å². The van der Waals surface area contributed by atoms with E-state index in [-0.39, 0.29) is 11.4 Å². The van der Waals surface area contributed by atoms with Crippen LogP contribution in [0.15, 0.2) is 47.6 Å². The van der Waals surface area contributed by atoms with Gasteiger partial charge < -0.3 is 14.6 Å². The molecule has 0 unspecified atom stereocenters. The largest absolute Gasteiger partial charge is 0.496 e. The molecule has 0 radical (unpaired) electrons. The van der Waals surface area contributed by atoms with Crippen molar-refractivity contribution in [2.45, 2.75) is 24.8 Å². The molecule has 0 aliphatic carbocycles. The van der Waals surface area contributed by atoms with Gasteiger partial charge in [0.2, 0.25) is 5.91 Å². The van der Waals surface area contributed by atoms with Crippen LogP contribution in [0, 0.1) is 0 Å². The molecular formula is C20H18ClF3N4O2S. The van der Waals surface area contributed by atoms with Gasteiger partial charge in [0.05, 0.1) is 29.0 Å². The summed E-state index contributed by atoms with van der Waals surface area (Å²) < 4.78 is 46.2. The van der Waals surface area contributed by atoms with Gasteiger partial charge >= 0.3 is 6.18 Å². The summed E-state index contributed by atoms with van der Waals surface area (Å²) in [4.78, 5) is 12.3. The smallest absolute Gasteiger partial charge is 0.417 e. The van der Waals surface area contributed by atoms with Crippen LogP contribution in [-0.4, -0.2) is 33.5 Å². The first kappa shape index (κ1) is 23.0. The number of rotatable bonds is 7. The van der Waals surface area contributed by atoms with Gasteiger partial charge in [0.15, 0.2) is 11.0 Å². The lowest BCUT2D eigenvalue weighted by atomic mass is 10.2. The van der Waals surface area contributed by atoms with Crippen LogP contribution in [0.1, 0.15) is 12.5 Å². The van der Waals surface area contributed by atoms with Crippen molar-refractivity contribution in [2.75, 3.05) is 18.2 Å². The molecule has 164 valence electrons. The first-order chi connectivity index (χ1) is 14.7. The molecule has 0 atom stereocenters. The summed E-state index contributed by atoms with van der Waals surface area (Å²) in [5.41, 5.74) is -0.239. The number of para-hydroxylation sites is 1. The number of alkyl halides is 3. The Hall–Kier alpha value is -2.72. The number of ether oxygens (including phenoxy) is 1. The molecule has 0 aliphatic heterocycles. The summed E-state index contributed by atoms with van der Waals surface area (Å²) in [6.07, 6.45) is -4.61. The Kier molecular flexibility index (Phi) is 7.11. The minimum atomic E-state index is -4.61. The van der Waals surface area contributed by atoms with Crippen LogP contribution in [0.3, 0.4) is 0 Å². The fourth-order valence-electron chi connectivity index (χ4n) is 2.86. The lowest BCUT2D eigenvalue weighted by Crippen LogP contribution is -2.15. The highest BCUT2D eigenvalue weighted by molar-refractivity contribution is 7.99. The normalized spacial score (nSPS) is 11.4. The maximum atomic E-state index is 13.0.